The van der Waals surface area contributed by atoms with Crippen LogP contribution in [0, 0.1) is 5.92 Å². The molecule has 2 aliphatic heterocycles. The molecule has 0 radical (unpaired) electrons. The summed E-state index contributed by atoms with van der Waals surface area (Å²) in [4.78, 5) is 14.3. The van der Waals surface area contributed by atoms with Crippen molar-refractivity contribution in [2.24, 2.45) is 5.92 Å². The smallest absolute Gasteiger partial charge is 0.229 e. The number of hydrogen-bond acceptors (Lipinski definition) is 3. The molecule has 1 amide bonds. The molecule has 0 aromatic rings. The molecule has 4 heteroatoms. The lowest BCUT2D eigenvalue weighted by atomic mass is 10.0. The lowest BCUT2D eigenvalue weighted by Crippen LogP contribution is -2.46. The van der Waals surface area contributed by atoms with Crippen molar-refractivity contribution in [3.8, 4) is 0 Å². The summed E-state index contributed by atoms with van der Waals surface area (Å²) in [6.07, 6.45) is 3.16. The van der Waals surface area contributed by atoms with Gasteiger partial charge in [-0.3, -0.25) is 4.79 Å². The van der Waals surface area contributed by atoms with Crippen LogP contribution in [-0.4, -0.2) is 49.7 Å². The van der Waals surface area contributed by atoms with Crippen molar-refractivity contribution in [2.75, 3.05) is 32.8 Å². The van der Waals surface area contributed by atoms with Crippen LogP contribution in [0.4, 0.5) is 0 Å². The van der Waals surface area contributed by atoms with Crippen LogP contribution in [0.1, 0.15) is 20.3 Å². The van der Waals surface area contributed by atoms with E-state index in [1.54, 1.807) is 0 Å². The standard InChI is InChI=1S/C13H22N2O2/c1-3-14-12-9-17-8-11(12)13(16)15-6-4-10(2)5-7-15/h4,11-12,14H,3,5-9H2,1-2H3. The first kappa shape index (κ1) is 12.6. The summed E-state index contributed by atoms with van der Waals surface area (Å²) in [5.41, 5.74) is 1.39. The van der Waals surface area contributed by atoms with Crippen molar-refractivity contribution < 1.29 is 9.53 Å². The molecule has 1 fully saturated rings. The lowest BCUT2D eigenvalue weighted by Gasteiger charge is -2.29. The predicted octanol–water partition coefficient (Wildman–Crippen LogP) is 0.789. The Morgan fingerprint density at radius 2 is 2.41 bits per heavy atom. The third-order valence-electron chi connectivity index (χ3n) is 3.61. The largest absolute Gasteiger partial charge is 0.379 e. The van der Waals surface area contributed by atoms with Crippen LogP contribution < -0.4 is 5.32 Å². The van der Waals surface area contributed by atoms with Gasteiger partial charge in [0.15, 0.2) is 0 Å². The predicted molar refractivity (Wildman–Crippen MR) is 66.7 cm³/mol. The van der Waals surface area contributed by atoms with E-state index >= 15 is 0 Å². The number of carbonyl (C=O) groups is 1. The van der Waals surface area contributed by atoms with Crippen LogP contribution in [0.3, 0.4) is 0 Å². The second-order valence-corrected chi connectivity index (χ2v) is 4.89. The number of ether oxygens (including phenoxy) is 1. The molecular weight excluding hydrogens is 216 g/mol. The molecular formula is C13H22N2O2. The highest BCUT2D eigenvalue weighted by atomic mass is 16.5. The van der Waals surface area contributed by atoms with Crippen LogP contribution in [0.2, 0.25) is 0 Å². The third-order valence-corrected chi connectivity index (χ3v) is 3.61. The number of nitrogens with zero attached hydrogens (tertiary/aromatic N) is 1. The van der Waals surface area contributed by atoms with Gasteiger partial charge in [0.2, 0.25) is 5.91 Å². The molecule has 2 heterocycles. The van der Waals surface area contributed by atoms with E-state index in [2.05, 4.69) is 25.2 Å². The highest BCUT2D eigenvalue weighted by Gasteiger charge is 2.36. The van der Waals surface area contributed by atoms with E-state index in [1.807, 2.05) is 4.90 Å². The van der Waals surface area contributed by atoms with Gasteiger partial charge in [0.1, 0.15) is 0 Å². The summed E-state index contributed by atoms with van der Waals surface area (Å²) >= 11 is 0. The maximum absolute atomic E-state index is 12.4. The Morgan fingerprint density at radius 3 is 3.06 bits per heavy atom. The zero-order chi connectivity index (χ0) is 12.3. The Morgan fingerprint density at radius 1 is 1.59 bits per heavy atom. The van der Waals surface area contributed by atoms with Crippen molar-refractivity contribution >= 4 is 5.91 Å². The number of amides is 1. The first-order valence-electron chi connectivity index (χ1n) is 6.48. The fraction of sp³-hybridized carbons (Fsp3) is 0.769. The Hall–Kier alpha value is -0.870. The van der Waals surface area contributed by atoms with E-state index in [-0.39, 0.29) is 17.9 Å². The van der Waals surface area contributed by atoms with Gasteiger partial charge < -0.3 is 15.0 Å². The van der Waals surface area contributed by atoms with Crippen molar-refractivity contribution in [2.45, 2.75) is 26.3 Å². The summed E-state index contributed by atoms with van der Waals surface area (Å²) in [6, 6.07) is 0.194. The van der Waals surface area contributed by atoms with Crippen LogP contribution in [0.25, 0.3) is 0 Å². The van der Waals surface area contributed by atoms with Gasteiger partial charge in [0.25, 0.3) is 0 Å². The van der Waals surface area contributed by atoms with E-state index in [1.165, 1.54) is 5.57 Å². The molecule has 17 heavy (non-hydrogen) atoms. The van der Waals surface area contributed by atoms with E-state index in [4.69, 9.17) is 4.74 Å². The molecule has 0 saturated carbocycles. The monoisotopic (exact) mass is 238 g/mol. The Kier molecular flexibility index (Phi) is 4.18. The zero-order valence-corrected chi connectivity index (χ0v) is 10.7. The minimum atomic E-state index is 0.00163. The molecule has 1 saturated heterocycles. The van der Waals surface area contributed by atoms with Crippen molar-refractivity contribution in [1.29, 1.82) is 0 Å². The minimum absolute atomic E-state index is 0.00163. The van der Waals surface area contributed by atoms with Crippen LogP contribution in [-0.2, 0) is 9.53 Å². The molecule has 2 aliphatic rings. The Bertz CT molecular complexity index is 315. The highest BCUT2D eigenvalue weighted by Crippen LogP contribution is 2.19. The number of likely N-dealkylation sites (N-methyl/N-ethyl adjacent to an activating group) is 1. The van der Waals surface area contributed by atoms with Gasteiger partial charge in [0.05, 0.1) is 19.1 Å². The minimum Gasteiger partial charge on any atom is -0.379 e. The Labute approximate surface area is 103 Å². The first-order valence-corrected chi connectivity index (χ1v) is 6.48. The lowest BCUT2D eigenvalue weighted by molar-refractivity contribution is -0.135. The molecule has 0 aliphatic carbocycles. The molecule has 2 rings (SSSR count). The second kappa shape index (κ2) is 5.65. The fourth-order valence-corrected chi connectivity index (χ4v) is 2.47. The summed E-state index contributed by atoms with van der Waals surface area (Å²) < 4.78 is 5.43. The molecule has 0 aromatic carbocycles. The van der Waals surface area contributed by atoms with Gasteiger partial charge in [-0.05, 0) is 19.9 Å². The highest BCUT2D eigenvalue weighted by molar-refractivity contribution is 5.80. The Balaban J connectivity index is 1.95. The SMILES string of the molecule is CCNC1COCC1C(=O)N1CC=C(C)CC1. The third kappa shape index (κ3) is 2.87. The van der Waals surface area contributed by atoms with Gasteiger partial charge in [0, 0.05) is 19.1 Å². The molecule has 96 valence electrons. The normalized spacial score (nSPS) is 29.3. The average Bonchev–Trinajstić information content (AvgIpc) is 2.78. The first-order chi connectivity index (χ1) is 8.22. The molecule has 4 nitrogen and oxygen atoms in total. The van der Waals surface area contributed by atoms with Crippen molar-refractivity contribution in [1.82, 2.24) is 10.2 Å². The number of carbonyl (C=O) groups excluding carboxylic acids is 1. The van der Waals surface area contributed by atoms with Crippen LogP contribution >= 0.6 is 0 Å². The van der Waals surface area contributed by atoms with Crippen molar-refractivity contribution in [3.63, 3.8) is 0 Å². The van der Waals surface area contributed by atoms with Gasteiger partial charge in [-0.1, -0.05) is 18.6 Å². The molecule has 2 atom stereocenters. The quantitative estimate of drug-likeness (QED) is 0.739. The molecule has 0 bridgehead atoms. The summed E-state index contributed by atoms with van der Waals surface area (Å²) in [5, 5.41) is 3.34. The molecule has 1 N–H and O–H groups in total. The molecule has 0 aromatic heterocycles. The fourth-order valence-electron chi connectivity index (χ4n) is 2.47. The van der Waals surface area contributed by atoms with Gasteiger partial charge in [-0.2, -0.15) is 0 Å². The van der Waals surface area contributed by atoms with E-state index < -0.39 is 0 Å². The number of rotatable bonds is 3. The van der Waals surface area contributed by atoms with E-state index in [9.17, 15) is 4.79 Å². The van der Waals surface area contributed by atoms with Crippen LogP contribution in [0.15, 0.2) is 11.6 Å². The van der Waals surface area contributed by atoms with Gasteiger partial charge in [-0.25, -0.2) is 0 Å². The maximum atomic E-state index is 12.4. The average molecular weight is 238 g/mol. The van der Waals surface area contributed by atoms with E-state index in [0.717, 1.165) is 26.1 Å². The van der Waals surface area contributed by atoms with Gasteiger partial charge in [-0.15, -0.1) is 0 Å². The maximum Gasteiger partial charge on any atom is 0.229 e. The van der Waals surface area contributed by atoms with Crippen molar-refractivity contribution in [3.05, 3.63) is 11.6 Å². The summed E-state index contributed by atoms with van der Waals surface area (Å²) in [5.74, 6) is 0.249. The molecule has 2 unspecified atom stereocenters. The summed E-state index contributed by atoms with van der Waals surface area (Å²) in [6.45, 7) is 7.92. The molecule has 0 spiro atoms. The second-order valence-electron chi connectivity index (χ2n) is 4.89. The number of nitrogens with one attached hydrogen (secondary N) is 1. The topological polar surface area (TPSA) is 41.6 Å². The van der Waals surface area contributed by atoms with E-state index in [0.29, 0.717) is 13.2 Å². The number of hydrogen-bond donors (Lipinski definition) is 1. The zero-order valence-electron chi connectivity index (χ0n) is 10.7. The summed E-state index contributed by atoms with van der Waals surface area (Å²) in [7, 11) is 0. The van der Waals surface area contributed by atoms with Crippen LogP contribution in [0.5, 0.6) is 0 Å². The van der Waals surface area contributed by atoms with Gasteiger partial charge >= 0.3 is 0 Å².